The van der Waals surface area contributed by atoms with Crippen LogP contribution in [0.15, 0.2) is 53.4 Å². The summed E-state index contributed by atoms with van der Waals surface area (Å²) in [4.78, 5) is 20.2. The largest absolute Gasteiger partial charge is 0.482 e. The third-order valence-electron chi connectivity index (χ3n) is 3.91. The number of aromatic nitrogens is 2. The number of nitrogens with one attached hydrogen (secondary N) is 2. The van der Waals surface area contributed by atoms with E-state index in [2.05, 4.69) is 20.0 Å². The molecule has 0 saturated carbocycles. The van der Waals surface area contributed by atoms with Crippen LogP contribution in [0.5, 0.6) is 5.75 Å². The fourth-order valence-electron chi connectivity index (χ4n) is 2.60. The van der Waals surface area contributed by atoms with E-state index in [0.29, 0.717) is 27.8 Å². The van der Waals surface area contributed by atoms with E-state index in [-0.39, 0.29) is 22.5 Å². The maximum absolute atomic E-state index is 12.6. The molecule has 0 atom stereocenters. The highest BCUT2D eigenvalue weighted by Gasteiger charge is 2.16. The second kappa shape index (κ2) is 9.51. The number of benzene rings is 2. The molecule has 11 heteroatoms. The van der Waals surface area contributed by atoms with Crippen LogP contribution in [0.25, 0.3) is 0 Å². The summed E-state index contributed by atoms with van der Waals surface area (Å²) >= 11 is 11.8. The first-order chi connectivity index (χ1) is 14.6. The molecule has 1 aromatic heterocycles. The molecule has 3 rings (SSSR count). The Hall–Kier alpha value is -2.88. The van der Waals surface area contributed by atoms with Gasteiger partial charge in [0.25, 0.3) is 15.9 Å². The number of anilines is 2. The van der Waals surface area contributed by atoms with E-state index in [4.69, 9.17) is 27.9 Å². The lowest BCUT2D eigenvalue weighted by molar-refractivity contribution is -0.118. The van der Waals surface area contributed by atoms with Crippen molar-refractivity contribution in [1.29, 1.82) is 0 Å². The van der Waals surface area contributed by atoms with Crippen molar-refractivity contribution in [3.05, 3.63) is 70.0 Å². The third-order valence-corrected chi connectivity index (χ3v) is 5.78. The van der Waals surface area contributed by atoms with Gasteiger partial charge in [0.2, 0.25) is 5.95 Å². The van der Waals surface area contributed by atoms with Crippen molar-refractivity contribution in [2.45, 2.75) is 18.7 Å². The summed E-state index contributed by atoms with van der Waals surface area (Å²) in [7, 11) is -3.88. The minimum absolute atomic E-state index is 0.00236. The van der Waals surface area contributed by atoms with Crippen molar-refractivity contribution in [2.75, 3.05) is 16.6 Å². The van der Waals surface area contributed by atoms with Gasteiger partial charge in [-0.25, -0.2) is 23.1 Å². The number of sulfonamides is 1. The molecule has 0 saturated heterocycles. The van der Waals surface area contributed by atoms with Gasteiger partial charge in [-0.3, -0.25) is 4.79 Å². The maximum Gasteiger partial charge on any atom is 0.264 e. The zero-order valence-corrected chi connectivity index (χ0v) is 18.8. The number of hydrogen-bond acceptors (Lipinski definition) is 6. The number of hydrogen-bond donors (Lipinski definition) is 2. The van der Waals surface area contributed by atoms with Crippen LogP contribution in [0.4, 0.5) is 11.6 Å². The van der Waals surface area contributed by atoms with Crippen LogP contribution < -0.4 is 14.8 Å². The highest BCUT2D eigenvalue weighted by molar-refractivity contribution is 7.92. The molecular weight excluding hydrogens is 463 g/mol. The Morgan fingerprint density at radius 2 is 1.65 bits per heavy atom. The second-order valence-corrected chi connectivity index (χ2v) is 9.04. The molecule has 3 aromatic rings. The molecule has 0 spiro atoms. The zero-order chi connectivity index (χ0) is 22.6. The molecule has 31 heavy (non-hydrogen) atoms. The Morgan fingerprint density at radius 3 is 2.26 bits per heavy atom. The normalized spacial score (nSPS) is 11.1. The molecular formula is C20H18Cl2N4O4S. The highest BCUT2D eigenvalue weighted by atomic mass is 35.5. The van der Waals surface area contributed by atoms with Gasteiger partial charge in [-0.15, -0.1) is 0 Å². The molecule has 0 bridgehead atoms. The summed E-state index contributed by atoms with van der Waals surface area (Å²) in [6.07, 6.45) is 0. The Kier molecular flexibility index (Phi) is 6.99. The second-order valence-electron chi connectivity index (χ2n) is 6.52. The quantitative estimate of drug-likeness (QED) is 0.523. The Bertz CT molecular complexity index is 1200. The van der Waals surface area contributed by atoms with Crippen LogP contribution in [0.3, 0.4) is 0 Å². The van der Waals surface area contributed by atoms with E-state index >= 15 is 0 Å². The lowest BCUT2D eigenvalue weighted by Gasteiger charge is -2.10. The van der Waals surface area contributed by atoms with E-state index in [1.807, 2.05) is 0 Å². The van der Waals surface area contributed by atoms with Crippen molar-refractivity contribution in [2.24, 2.45) is 0 Å². The van der Waals surface area contributed by atoms with Crippen LogP contribution in [0.1, 0.15) is 11.4 Å². The summed E-state index contributed by atoms with van der Waals surface area (Å²) in [6, 6.07) is 12.0. The molecule has 0 radical (unpaired) electrons. The van der Waals surface area contributed by atoms with E-state index in [1.165, 1.54) is 30.3 Å². The number of halogens is 2. The maximum atomic E-state index is 12.6. The van der Waals surface area contributed by atoms with Gasteiger partial charge >= 0.3 is 0 Å². The number of carbonyl (C=O) groups excluding carboxylic acids is 1. The van der Waals surface area contributed by atoms with Crippen molar-refractivity contribution in [3.8, 4) is 5.75 Å². The average Bonchev–Trinajstić information content (AvgIpc) is 2.66. The van der Waals surface area contributed by atoms with E-state index in [1.54, 1.807) is 32.0 Å². The minimum Gasteiger partial charge on any atom is -0.482 e. The predicted octanol–water partition coefficient (Wildman–Crippen LogP) is 4.22. The van der Waals surface area contributed by atoms with Gasteiger partial charge in [0, 0.05) is 22.1 Å². The number of ether oxygens (including phenoxy) is 1. The average molecular weight is 481 g/mol. The fraction of sp³-hybridized carbons (Fsp3) is 0.150. The molecule has 162 valence electrons. The summed E-state index contributed by atoms with van der Waals surface area (Å²) in [6.45, 7) is 3.20. The molecule has 1 heterocycles. The first kappa shape index (κ1) is 22.8. The van der Waals surface area contributed by atoms with Crippen LogP contribution in [-0.4, -0.2) is 30.9 Å². The first-order valence-electron chi connectivity index (χ1n) is 8.95. The van der Waals surface area contributed by atoms with Gasteiger partial charge in [0.05, 0.1) is 9.92 Å². The van der Waals surface area contributed by atoms with Gasteiger partial charge in [0.15, 0.2) is 6.61 Å². The summed E-state index contributed by atoms with van der Waals surface area (Å²) in [5, 5.41) is 3.35. The SMILES string of the molecule is Cc1cc(C)nc(NS(=O)(=O)c2ccc(NC(=O)COc3ccc(Cl)cc3Cl)cc2)n1. The van der Waals surface area contributed by atoms with E-state index in [9.17, 15) is 13.2 Å². The molecule has 0 fully saturated rings. The van der Waals surface area contributed by atoms with Gasteiger partial charge in [-0.05, 0) is 62.4 Å². The molecule has 2 N–H and O–H groups in total. The Balaban J connectivity index is 1.61. The van der Waals surface area contributed by atoms with Gasteiger partial charge < -0.3 is 10.1 Å². The monoisotopic (exact) mass is 480 g/mol. The predicted molar refractivity (Wildman–Crippen MR) is 119 cm³/mol. The number of rotatable bonds is 7. The molecule has 1 amide bonds. The lowest BCUT2D eigenvalue weighted by Crippen LogP contribution is -2.20. The molecule has 0 aliphatic rings. The van der Waals surface area contributed by atoms with Crippen LogP contribution in [-0.2, 0) is 14.8 Å². The number of nitrogens with zero attached hydrogens (tertiary/aromatic N) is 2. The minimum atomic E-state index is -3.88. The topological polar surface area (TPSA) is 110 Å². The van der Waals surface area contributed by atoms with E-state index in [0.717, 1.165) is 0 Å². The zero-order valence-electron chi connectivity index (χ0n) is 16.5. The lowest BCUT2D eigenvalue weighted by atomic mass is 10.3. The summed E-state index contributed by atoms with van der Waals surface area (Å²) in [5.74, 6) is -0.126. The Labute approximate surface area is 189 Å². The molecule has 0 aliphatic carbocycles. The highest BCUT2D eigenvalue weighted by Crippen LogP contribution is 2.27. The van der Waals surface area contributed by atoms with Crippen LogP contribution >= 0.6 is 23.2 Å². The summed E-state index contributed by atoms with van der Waals surface area (Å²) in [5.41, 5.74) is 1.69. The van der Waals surface area contributed by atoms with E-state index < -0.39 is 15.9 Å². The Morgan fingerprint density at radius 1 is 1.00 bits per heavy atom. The third kappa shape index (κ3) is 6.30. The standard InChI is InChI=1S/C20H18Cl2N4O4S/c1-12-9-13(2)24-20(23-12)26-31(28,29)16-6-4-15(5-7-16)25-19(27)11-30-18-8-3-14(21)10-17(18)22/h3-10H,11H2,1-2H3,(H,25,27)(H,23,24,26). The number of aryl methyl sites for hydroxylation is 2. The van der Waals surface area contributed by atoms with Gasteiger partial charge in [0.1, 0.15) is 5.75 Å². The van der Waals surface area contributed by atoms with Crippen LogP contribution in [0, 0.1) is 13.8 Å². The smallest absolute Gasteiger partial charge is 0.264 e. The van der Waals surface area contributed by atoms with Crippen molar-refractivity contribution in [3.63, 3.8) is 0 Å². The fourth-order valence-corrected chi connectivity index (χ4v) is 4.01. The number of carbonyl (C=O) groups is 1. The molecule has 0 unspecified atom stereocenters. The molecule has 8 nitrogen and oxygen atoms in total. The number of amides is 1. The molecule has 2 aromatic carbocycles. The van der Waals surface area contributed by atoms with Gasteiger partial charge in [-0.2, -0.15) is 0 Å². The van der Waals surface area contributed by atoms with Crippen molar-refractivity contribution < 1.29 is 17.9 Å². The summed E-state index contributed by atoms with van der Waals surface area (Å²) < 4.78 is 32.8. The molecule has 0 aliphatic heterocycles. The first-order valence-corrected chi connectivity index (χ1v) is 11.2. The van der Waals surface area contributed by atoms with Crippen molar-refractivity contribution >= 4 is 50.8 Å². The van der Waals surface area contributed by atoms with Crippen LogP contribution in [0.2, 0.25) is 10.0 Å². The van der Waals surface area contributed by atoms with Gasteiger partial charge in [-0.1, -0.05) is 23.2 Å². The van der Waals surface area contributed by atoms with Crippen molar-refractivity contribution in [1.82, 2.24) is 9.97 Å².